The molecule has 0 saturated heterocycles. The van der Waals surface area contributed by atoms with Crippen molar-refractivity contribution in [3.8, 4) is 11.3 Å². The summed E-state index contributed by atoms with van der Waals surface area (Å²) in [5.41, 5.74) is 3.75. The van der Waals surface area contributed by atoms with Crippen LogP contribution in [0.3, 0.4) is 0 Å². The van der Waals surface area contributed by atoms with Crippen molar-refractivity contribution in [1.29, 1.82) is 0 Å². The zero-order valence-electron chi connectivity index (χ0n) is 14.8. The van der Waals surface area contributed by atoms with Gasteiger partial charge in [0.2, 0.25) is 0 Å². The molecule has 0 aliphatic rings. The van der Waals surface area contributed by atoms with Crippen LogP contribution >= 0.6 is 0 Å². The van der Waals surface area contributed by atoms with Gasteiger partial charge in [0.1, 0.15) is 0 Å². The number of pyridine rings is 3. The standard InChI is InChI=1S/C20H18N6O/c1-2-23-20(27)16-9-18(15-6-4-8-22-11-15)25-19-17(16)12-24-26(19)13-14-5-3-7-21-10-14/h3-12H,2,13H2,1H3,(H,23,27). The SMILES string of the molecule is CCNC(=O)c1cc(-c2cccnc2)nc2c1cnn2Cc1cccnc1. The summed E-state index contributed by atoms with van der Waals surface area (Å²) >= 11 is 0. The number of nitrogens with zero attached hydrogens (tertiary/aromatic N) is 5. The Bertz CT molecular complexity index is 1080. The average molecular weight is 358 g/mol. The molecule has 0 spiro atoms. The van der Waals surface area contributed by atoms with E-state index < -0.39 is 0 Å². The number of hydrogen-bond donors (Lipinski definition) is 1. The highest BCUT2D eigenvalue weighted by molar-refractivity contribution is 6.06. The molecule has 1 N–H and O–H groups in total. The first-order valence-corrected chi connectivity index (χ1v) is 8.70. The van der Waals surface area contributed by atoms with E-state index in [-0.39, 0.29) is 5.91 Å². The third kappa shape index (κ3) is 3.39. The van der Waals surface area contributed by atoms with Crippen molar-refractivity contribution < 1.29 is 4.79 Å². The third-order valence-electron chi connectivity index (χ3n) is 4.20. The van der Waals surface area contributed by atoms with Crippen molar-refractivity contribution in [2.24, 2.45) is 0 Å². The van der Waals surface area contributed by atoms with Crippen LogP contribution in [0.4, 0.5) is 0 Å². The lowest BCUT2D eigenvalue weighted by molar-refractivity contribution is 0.0957. The number of carbonyl (C=O) groups excluding carboxylic acids is 1. The topological polar surface area (TPSA) is 85.6 Å². The van der Waals surface area contributed by atoms with Crippen LogP contribution in [0.15, 0.2) is 61.3 Å². The Morgan fingerprint density at radius 2 is 1.93 bits per heavy atom. The normalized spacial score (nSPS) is 10.9. The van der Waals surface area contributed by atoms with Crippen molar-refractivity contribution >= 4 is 16.9 Å². The van der Waals surface area contributed by atoms with Gasteiger partial charge in [0.05, 0.1) is 29.4 Å². The van der Waals surface area contributed by atoms with Crippen LogP contribution in [0, 0.1) is 0 Å². The van der Waals surface area contributed by atoms with Crippen LogP contribution in [0.5, 0.6) is 0 Å². The summed E-state index contributed by atoms with van der Waals surface area (Å²) in [4.78, 5) is 25.7. The second-order valence-electron chi connectivity index (χ2n) is 6.06. The minimum Gasteiger partial charge on any atom is -0.352 e. The minimum absolute atomic E-state index is 0.143. The van der Waals surface area contributed by atoms with Gasteiger partial charge in [-0.1, -0.05) is 6.07 Å². The third-order valence-corrected chi connectivity index (χ3v) is 4.20. The Kier molecular flexibility index (Phi) is 4.57. The molecule has 0 aliphatic carbocycles. The zero-order chi connectivity index (χ0) is 18.6. The van der Waals surface area contributed by atoms with Gasteiger partial charge in [-0.15, -0.1) is 0 Å². The monoisotopic (exact) mass is 358 g/mol. The smallest absolute Gasteiger partial charge is 0.252 e. The molecule has 134 valence electrons. The van der Waals surface area contributed by atoms with Gasteiger partial charge in [-0.25, -0.2) is 9.67 Å². The molecule has 0 aromatic carbocycles. The van der Waals surface area contributed by atoms with Crippen molar-refractivity contribution in [3.05, 3.63) is 72.4 Å². The maximum atomic E-state index is 12.6. The number of fused-ring (bicyclic) bond motifs is 1. The molecule has 4 heterocycles. The molecule has 7 heteroatoms. The van der Waals surface area contributed by atoms with Gasteiger partial charge in [0.25, 0.3) is 5.91 Å². The number of carbonyl (C=O) groups is 1. The number of rotatable bonds is 5. The summed E-state index contributed by atoms with van der Waals surface area (Å²) in [6.45, 7) is 2.97. The lowest BCUT2D eigenvalue weighted by atomic mass is 10.1. The summed E-state index contributed by atoms with van der Waals surface area (Å²) < 4.78 is 1.79. The van der Waals surface area contributed by atoms with Crippen LogP contribution in [0.25, 0.3) is 22.3 Å². The number of hydrogen-bond acceptors (Lipinski definition) is 5. The second kappa shape index (κ2) is 7.33. The molecular formula is C20H18N6O. The van der Waals surface area contributed by atoms with E-state index in [2.05, 4.69) is 20.4 Å². The van der Waals surface area contributed by atoms with E-state index in [1.54, 1.807) is 41.7 Å². The second-order valence-corrected chi connectivity index (χ2v) is 6.06. The Balaban J connectivity index is 1.87. The van der Waals surface area contributed by atoms with Crippen molar-refractivity contribution in [2.75, 3.05) is 6.54 Å². The largest absolute Gasteiger partial charge is 0.352 e. The molecule has 0 unspecified atom stereocenters. The first-order valence-electron chi connectivity index (χ1n) is 8.70. The van der Waals surface area contributed by atoms with E-state index >= 15 is 0 Å². The molecule has 0 saturated carbocycles. The highest BCUT2D eigenvalue weighted by atomic mass is 16.1. The lowest BCUT2D eigenvalue weighted by Gasteiger charge is -2.09. The van der Waals surface area contributed by atoms with Crippen LogP contribution in [0.1, 0.15) is 22.8 Å². The molecule has 0 fully saturated rings. The van der Waals surface area contributed by atoms with Gasteiger partial charge < -0.3 is 5.32 Å². The lowest BCUT2D eigenvalue weighted by Crippen LogP contribution is -2.23. The van der Waals surface area contributed by atoms with Gasteiger partial charge in [-0.05, 0) is 36.8 Å². The van der Waals surface area contributed by atoms with Crippen molar-refractivity contribution in [1.82, 2.24) is 30.0 Å². The predicted molar refractivity (Wildman–Crippen MR) is 102 cm³/mol. The quantitative estimate of drug-likeness (QED) is 0.593. The van der Waals surface area contributed by atoms with E-state index in [9.17, 15) is 4.79 Å². The Hall–Kier alpha value is -3.61. The number of aromatic nitrogens is 5. The molecule has 0 aliphatic heterocycles. The molecule has 4 rings (SSSR count). The maximum Gasteiger partial charge on any atom is 0.252 e. The number of nitrogens with one attached hydrogen (secondary N) is 1. The summed E-state index contributed by atoms with van der Waals surface area (Å²) in [7, 11) is 0. The van der Waals surface area contributed by atoms with Crippen molar-refractivity contribution in [3.63, 3.8) is 0 Å². The van der Waals surface area contributed by atoms with E-state index in [4.69, 9.17) is 4.98 Å². The zero-order valence-corrected chi connectivity index (χ0v) is 14.8. The molecule has 1 amide bonds. The van der Waals surface area contributed by atoms with Crippen molar-refractivity contribution in [2.45, 2.75) is 13.5 Å². The summed E-state index contributed by atoms with van der Waals surface area (Å²) in [5.74, 6) is -0.143. The number of amides is 1. The van der Waals surface area contributed by atoms with Gasteiger partial charge in [0, 0.05) is 36.9 Å². The molecule has 27 heavy (non-hydrogen) atoms. The molecular weight excluding hydrogens is 340 g/mol. The molecule has 4 aromatic heterocycles. The fourth-order valence-electron chi connectivity index (χ4n) is 2.93. The van der Waals surface area contributed by atoms with Gasteiger partial charge in [-0.2, -0.15) is 5.10 Å². The van der Waals surface area contributed by atoms with Gasteiger partial charge >= 0.3 is 0 Å². The summed E-state index contributed by atoms with van der Waals surface area (Å²) in [5, 5.41) is 8.04. The van der Waals surface area contributed by atoms with Crippen LogP contribution in [0.2, 0.25) is 0 Å². The Labute approximate surface area is 156 Å². The highest BCUT2D eigenvalue weighted by Gasteiger charge is 2.17. The first-order chi connectivity index (χ1) is 13.3. The summed E-state index contributed by atoms with van der Waals surface area (Å²) in [6.07, 6.45) is 8.66. The molecule has 0 atom stereocenters. The van der Waals surface area contributed by atoms with E-state index in [1.807, 2.05) is 31.2 Å². The molecule has 7 nitrogen and oxygen atoms in total. The minimum atomic E-state index is -0.143. The van der Waals surface area contributed by atoms with E-state index in [0.29, 0.717) is 30.0 Å². The average Bonchev–Trinajstić information content (AvgIpc) is 3.11. The highest BCUT2D eigenvalue weighted by Crippen LogP contribution is 2.25. The first kappa shape index (κ1) is 16.8. The summed E-state index contributed by atoms with van der Waals surface area (Å²) in [6, 6.07) is 9.43. The Morgan fingerprint density at radius 1 is 1.11 bits per heavy atom. The van der Waals surface area contributed by atoms with Crippen LogP contribution < -0.4 is 5.32 Å². The van der Waals surface area contributed by atoms with Crippen LogP contribution in [-0.4, -0.2) is 37.2 Å². The molecule has 0 radical (unpaired) electrons. The molecule has 0 bridgehead atoms. The predicted octanol–water partition coefficient (Wildman–Crippen LogP) is 2.69. The Morgan fingerprint density at radius 3 is 2.63 bits per heavy atom. The maximum absolute atomic E-state index is 12.6. The fraction of sp³-hybridized carbons (Fsp3) is 0.150. The van der Waals surface area contributed by atoms with Crippen LogP contribution in [-0.2, 0) is 6.54 Å². The molecule has 4 aromatic rings. The van der Waals surface area contributed by atoms with Gasteiger partial charge in [-0.3, -0.25) is 14.8 Å². The van der Waals surface area contributed by atoms with Gasteiger partial charge in [0.15, 0.2) is 5.65 Å². The van der Waals surface area contributed by atoms with E-state index in [0.717, 1.165) is 16.5 Å². The van der Waals surface area contributed by atoms with E-state index in [1.165, 1.54) is 0 Å². The fourth-order valence-corrected chi connectivity index (χ4v) is 2.93.